The van der Waals surface area contributed by atoms with Crippen molar-refractivity contribution < 1.29 is 28.6 Å². The van der Waals surface area contributed by atoms with E-state index in [1.807, 2.05) is 0 Å². The summed E-state index contributed by atoms with van der Waals surface area (Å²) in [7, 11) is 0. The molecule has 9 nitrogen and oxygen atoms in total. The summed E-state index contributed by atoms with van der Waals surface area (Å²) in [6.45, 7) is -1.51. The van der Waals surface area contributed by atoms with Gasteiger partial charge >= 0.3 is 17.9 Å². The Morgan fingerprint density at radius 2 is 1.14 bits per heavy atom. The van der Waals surface area contributed by atoms with Crippen LogP contribution in [0.4, 0.5) is 0 Å². The molecule has 0 aromatic rings. The van der Waals surface area contributed by atoms with Crippen LogP contribution in [-0.4, -0.2) is 37.7 Å². The Labute approximate surface area is 120 Å². The van der Waals surface area contributed by atoms with Gasteiger partial charge in [-0.25, -0.2) is 0 Å². The lowest BCUT2D eigenvalue weighted by atomic mass is 10.0. The van der Waals surface area contributed by atoms with Crippen LogP contribution in [0.5, 0.6) is 0 Å². The van der Waals surface area contributed by atoms with Crippen LogP contribution in [0.1, 0.15) is 12.8 Å². The minimum Gasteiger partial charge on any atom is -0.450 e. The normalized spacial score (nSPS) is 8.86. The van der Waals surface area contributed by atoms with Gasteiger partial charge in [0.1, 0.15) is 18.2 Å². The number of carbonyl (C=O) groups excluding carboxylic acids is 3. The molecule has 0 saturated heterocycles. The highest BCUT2D eigenvalue weighted by atomic mass is 16.5. The van der Waals surface area contributed by atoms with Crippen molar-refractivity contribution in [3.8, 4) is 18.2 Å². The first kappa shape index (κ1) is 17.9. The average Bonchev–Trinajstić information content (AvgIpc) is 2.47. The number of hydrogen-bond donors (Lipinski definition) is 0. The van der Waals surface area contributed by atoms with Crippen molar-refractivity contribution in [1.82, 2.24) is 0 Å². The van der Waals surface area contributed by atoms with Crippen LogP contribution in [0.25, 0.3) is 0 Å². The van der Waals surface area contributed by atoms with Crippen LogP contribution in [0.15, 0.2) is 0 Å². The quantitative estimate of drug-likeness (QED) is 0.429. The van der Waals surface area contributed by atoms with E-state index in [1.54, 1.807) is 18.2 Å². The number of nitriles is 3. The molecule has 0 heterocycles. The fourth-order valence-corrected chi connectivity index (χ4v) is 1.21. The summed E-state index contributed by atoms with van der Waals surface area (Å²) in [5, 5.41) is 24.8. The molecule has 0 aromatic heterocycles. The highest BCUT2D eigenvalue weighted by molar-refractivity contribution is 5.84. The lowest BCUT2D eigenvalue weighted by molar-refractivity contribution is -0.157. The van der Waals surface area contributed by atoms with Crippen molar-refractivity contribution in [3.05, 3.63) is 0 Å². The number of esters is 3. The van der Waals surface area contributed by atoms with Gasteiger partial charge in [0.2, 0.25) is 0 Å². The summed E-state index contributed by atoms with van der Waals surface area (Å²) in [6.07, 6.45) is -1.01. The number of ether oxygens (including phenoxy) is 3. The van der Waals surface area contributed by atoms with E-state index in [4.69, 9.17) is 15.8 Å². The average molecular weight is 293 g/mol. The molecule has 0 fully saturated rings. The van der Waals surface area contributed by atoms with Crippen LogP contribution in [0.2, 0.25) is 0 Å². The molecule has 0 amide bonds. The molecule has 110 valence electrons. The van der Waals surface area contributed by atoms with E-state index >= 15 is 0 Å². The van der Waals surface area contributed by atoms with Crippen molar-refractivity contribution in [2.45, 2.75) is 12.8 Å². The SMILES string of the molecule is N#CCOC(=O)CC(CC(=O)OCC#N)C(=O)OCC#N. The zero-order valence-corrected chi connectivity index (χ0v) is 10.9. The van der Waals surface area contributed by atoms with Gasteiger partial charge in [0.05, 0.1) is 18.8 Å². The van der Waals surface area contributed by atoms with Crippen molar-refractivity contribution in [3.63, 3.8) is 0 Å². The molecule has 21 heavy (non-hydrogen) atoms. The van der Waals surface area contributed by atoms with Gasteiger partial charge in [-0.2, -0.15) is 15.8 Å². The minimum absolute atomic E-state index is 0.488. The van der Waals surface area contributed by atoms with Gasteiger partial charge in [0, 0.05) is 0 Å². The Hall–Kier alpha value is -3.12. The molecule has 0 aliphatic carbocycles. The van der Waals surface area contributed by atoms with Crippen molar-refractivity contribution in [1.29, 1.82) is 15.8 Å². The fourth-order valence-electron chi connectivity index (χ4n) is 1.21. The summed E-state index contributed by atoms with van der Waals surface area (Å²) in [5.74, 6) is -3.90. The van der Waals surface area contributed by atoms with Gasteiger partial charge in [-0.05, 0) is 0 Å². The first-order valence-corrected chi connectivity index (χ1v) is 5.63. The maximum Gasteiger partial charge on any atom is 0.311 e. The molecule has 0 N–H and O–H groups in total. The van der Waals surface area contributed by atoms with E-state index in [1.165, 1.54) is 0 Å². The number of rotatable bonds is 8. The smallest absolute Gasteiger partial charge is 0.311 e. The van der Waals surface area contributed by atoms with Crippen LogP contribution >= 0.6 is 0 Å². The predicted molar refractivity (Wildman–Crippen MR) is 62.4 cm³/mol. The largest absolute Gasteiger partial charge is 0.450 e. The molecule has 0 aliphatic rings. The molecule has 0 atom stereocenters. The minimum atomic E-state index is -1.21. The van der Waals surface area contributed by atoms with E-state index in [9.17, 15) is 14.4 Å². The highest BCUT2D eigenvalue weighted by Gasteiger charge is 2.27. The van der Waals surface area contributed by atoms with E-state index in [-0.39, 0.29) is 0 Å². The van der Waals surface area contributed by atoms with Crippen LogP contribution in [0, 0.1) is 39.9 Å². The summed E-state index contributed by atoms with van der Waals surface area (Å²) < 4.78 is 13.4. The van der Waals surface area contributed by atoms with Gasteiger partial charge < -0.3 is 14.2 Å². The van der Waals surface area contributed by atoms with Gasteiger partial charge in [0.25, 0.3) is 0 Å². The van der Waals surface area contributed by atoms with E-state index in [0.29, 0.717) is 0 Å². The topological polar surface area (TPSA) is 150 Å². The highest BCUT2D eigenvalue weighted by Crippen LogP contribution is 2.13. The number of carbonyl (C=O) groups is 3. The molecule has 0 spiro atoms. The maximum absolute atomic E-state index is 11.6. The molecule has 0 bridgehead atoms. The Morgan fingerprint density at radius 3 is 1.52 bits per heavy atom. The second kappa shape index (κ2) is 10.8. The predicted octanol–water partition coefficient (Wildman–Crippen LogP) is -0.417. The summed E-state index contributed by atoms with van der Waals surface area (Å²) in [5.41, 5.74) is 0. The van der Waals surface area contributed by atoms with Gasteiger partial charge in [-0.15, -0.1) is 0 Å². The van der Waals surface area contributed by atoms with E-state index in [2.05, 4.69) is 14.2 Å². The Kier molecular flexibility index (Phi) is 9.17. The number of hydrogen-bond acceptors (Lipinski definition) is 9. The third kappa shape index (κ3) is 8.57. The maximum atomic E-state index is 11.6. The Morgan fingerprint density at radius 1 is 0.762 bits per heavy atom. The fraction of sp³-hybridized carbons (Fsp3) is 0.500. The standard InChI is InChI=1S/C12H11N3O6/c13-1-4-19-10(16)7-9(12(18)21-6-3-15)8-11(17)20-5-2-14/h9H,4-8H2. The van der Waals surface area contributed by atoms with Gasteiger partial charge in [-0.1, -0.05) is 0 Å². The molecule has 0 saturated carbocycles. The van der Waals surface area contributed by atoms with E-state index < -0.39 is 56.5 Å². The van der Waals surface area contributed by atoms with Crippen LogP contribution < -0.4 is 0 Å². The van der Waals surface area contributed by atoms with Crippen LogP contribution in [-0.2, 0) is 28.6 Å². The Balaban J connectivity index is 4.62. The molecule has 0 aromatic carbocycles. The third-order valence-corrected chi connectivity index (χ3v) is 2.03. The molecule has 9 heteroatoms. The van der Waals surface area contributed by atoms with Crippen molar-refractivity contribution >= 4 is 17.9 Å². The van der Waals surface area contributed by atoms with Crippen molar-refractivity contribution in [2.24, 2.45) is 5.92 Å². The zero-order chi connectivity index (χ0) is 16.1. The summed E-state index contributed by atoms with van der Waals surface area (Å²) in [6, 6.07) is 4.72. The molecule has 0 radical (unpaired) electrons. The Bertz CT molecular complexity index is 479. The molecule has 0 unspecified atom stereocenters. The van der Waals surface area contributed by atoms with E-state index in [0.717, 1.165) is 0 Å². The second-order valence-corrected chi connectivity index (χ2v) is 3.51. The first-order valence-electron chi connectivity index (χ1n) is 5.63. The first-order chi connectivity index (χ1) is 10.0. The molecular weight excluding hydrogens is 282 g/mol. The number of nitrogens with zero attached hydrogens (tertiary/aromatic N) is 3. The van der Waals surface area contributed by atoms with Crippen molar-refractivity contribution in [2.75, 3.05) is 19.8 Å². The lowest BCUT2D eigenvalue weighted by Crippen LogP contribution is -2.25. The molecule has 0 aliphatic heterocycles. The van der Waals surface area contributed by atoms with Gasteiger partial charge in [-0.3, -0.25) is 14.4 Å². The third-order valence-electron chi connectivity index (χ3n) is 2.03. The lowest BCUT2D eigenvalue weighted by Gasteiger charge is -2.13. The zero-order valence-electron chi connectivity index (χ0n) is 10.9. The second-order valence-electron chi connectivity index (χ2n) is 3.51. The summed E-state index contributed by atoms with van der Waals surface area (Å²) in [4.78, 5) is 34.3. The van der Waals surface area contributed by atoms with Crippen LogP contribution in [0.3, 0.4) is 0 Å². The summed E-state index contributed by atoms with van der Waals surface area (Å²) >= 11 is 0. The monoisotopic (exact) mass is 293 g/mol. The molecule has 0 rings (SSSR count). The van der Waals surface area contributed by atoms with Gasteiger partial charge in [0.15, 0.2) is 19.8 Å². The molecular formula is C12H11N3O6.